The molecule has 0 radical (unpaired) electrons. The molecule has 7 heteroatoms. The minimum absolute atomic E-state index is 0.0575. The van der Waals surface area contributed by atoms with Gasteiger partial charge in [0.15, 0.2) is 0 Å². The van der Waals surface area contributed by atoms with Crippen molar-refractivity contribution in [1.82, 2.24) is 10.6 Å². The molecule has 2 amide bonds. The molecular formula is C18H26F2N2O3. The summed E-state index contributed by atoms with van der Waals surface area (Å²) < 4.78 is 28.5. The highest BCUT2D eigenvalue weighted by Crippen LogP contribution is 2.15. The maximum absolute atomic E-state index is 12.3. The van der Waals surface area contributed by atoms with Gasteiger partial charge in [-0.15, -0.1) is 0 Å². The summed E-state index contributed by atoms with van der Waals surface area (Å²) in [6, 6.07) is 5.41. The number of hydrogen-bond acceptors (Lipinski definition) is 3. The summed E-state index contributed by atoms with van der Waals surface area (Å²) in [4.78, 5) is 24.2. The standard InChI is InChI=1S/C18H26F2N2O3/c1-11(2)9-15(23)22-16(12(3)4)17(24)21-10-13-5-7-14(8-6-13)25-18(19)20/h5-8,11-12,16,18H,9-10H2,1-4H3,(H,21,24)(H,22,23). The predicted molar refractivity (Wildman–Crippen MR) is 91.1 cm³/mol. The van der Waals surface area contributed by atoms with Crippen LogP contribution in [0, 0.1) is 11.8 Å². The first-order valence-electron chi connectivity index (χ1n) is 8.29. The summed E-state index contributed by atoms with van der Waals surface area (Å²) in [5.41, 5.74) is 0.742. The molecule has 5 nitrogen and oxygen atoms in total. The summed E-state index contributed by atoms with van der Waals surface area (Å²) in [7, 11) is 0. The van der Waals surface area contributed by atoms with Gasteiger partial charge in [0.2, 0.25) is 11.8 Å². The van der Waals surface area contributed by atoms with E-state index >= 15 is 0 Å². The number of amides is 2. The topological polar surface area (TPSA) is 67.4 Å². The van der Waals surface area contributed by atoms with E-state index in [-0.39, 0.29) is 35.9 Å². The molecule has 0 heterocycles. The van der Waals surface area contributed by atoms with Crippen LogP contribution in [-0.2, 0) is 16.1 Å². The summed E-state index contributed by atoms with van der Waals surface area (Å²) in [5.74, 6) is -0.216. The molecular weight excluding hydrogens is 330 g/mol. The summed E-state index contributed by atoms with van der Waals surface area (Å²) in [6.07, 6.45) is 0.363. The van der Waals surface area contributed by atoms with E-state index in [4.69, 9.17) is 0 Å². The number of ether oxygens (including phenoxy) is 1. The molecule has 0 saturated heterocycles. The number of carbonyl (C=O) groups is 2. The Balaban J connectivity index is 2.58. The first kappa shape index (κ1) is 20.9. The second-order valence-electron chi connectivity index (χ2n) is 6.63. The first-order valence-corrected chi connectivity index (χ1v) is 8.29. The van der Waals surface area contributed by atoms with Gasteiger partial charge in [-0.1, -0.05) is 39.8 Å². The normalized spacial score (nSPS) is 12.4. The number of hydrogen-bond donors (Lipinski definition) is 2. The molecule has 0 saturated carbocycles. The largest absolute Gasteiger partial charge is 0.435 e. The van der Waals surface area contributed by atoms with Crippen LogP contribution in [0.3, 0.4) is 0 Å². The van der Waals surface area contributed by atoms with E-state index in [1.807, 2.05) is 27.7 Å². The zero-order chi connectivity index (χ0) is 19.0. The zero-order valence-corrected chi connectivity index (χ0v) is 15.0. The minimum atomic E-state index is -2.87. The van der Waals surface area contributed by atoms with Gasteiger partial charge in [0.25, 0.3) is 0 Å². The van der Waals surface area contributed by atoms with Crippen LogP contribution in [0.2, 0.25) is 0 Å². The average molecular weight is 356 g/mol. The number of carbonyl (C=O) groups excluding carboxylic acids is 2. The highest BCUT2D eigenvalue weighted by atomic mass is 19.3. The Bertz CT molecular complexity index is 560. The van der Waals surface area contributed by atoms with E-state index in [0.717, 1.165) is 5.56 Å². The van der Waals surface area contributed by atoms with Gasteiger partial charge in [-0.25, -0.2) is 0 Å². The highest BCUT2D eigenvalue weighted by Gasteiger charge is 2.24. The van der Waals surface area contributed by atoms with Crippen LogP contribution >= 0.6 is 0 Å². The van der Waals surface area contributed by atoms with Gasteiger partial charge in [-0.05, 0) is 29.5 Å². The number of alkyl halides is 2. The van der Waals surface area contributed by atoms with E-state index in [0.29, 0.717) is 6.42 Å². The molecule has 0 aliphatic heterocycles. The van der Waals surface area contributed by atoms with Crippen molar-refractivity contribution in [2.45, 2.75) is 53.3 Å². The molecule has 0 aromatic heterocycles. The molecule has 2 N–H and O–H groups in total. The van der Waals surface area contributed by atoms with Crippen LogP contribution in [-0.4, -0.2) is 24.5 Å². The van der Waals surface area contributed by atoms with Crippen LogP contribution in [0.5, 0.6) is 5.75 Å². The Morgan fingerprint density at radius 3 is 2.16 bits per heavy atom. The van der Waals surface area contributed by atoms with Crippen molar-refractivity contribution in [3.8, 4) is 5.75 Å². The fourth-order valence-electron chi connectivity index (χ4n) is 2.23. The van der Waals surface area contributed by atoms with Gasteiger partial charge >= 0.3 is 6.61 Å². The SMILES string of the molecule is CC(C)CC(=O)NC(C(=O)NCc1ccc(OC(F)F)cc1)C(C)C. The number of nitrogens with one attached hydrogen (secondary N) is 2. The fraction of sp³-hybridized carbons (Fsp3) is 0.556. The number of rotatable bonds is 9. The smallest absolute Gasteiger partial charge is 0.387 e. The van der Waals surface area contributed by atoms with E-state index in [1.54, 1.807) is 12.1 Å². The molecule has 1 atom stereocenters. The Labute approximate surface area is 147 Å². The second kappa shape index (κ2) is 9.96. The molecule has 1 aromatic carbocycles. The third-order valence-corrected chi connectivity index (χ3v) is 3.47. The van der Waals surface area contributed by atoms with E-state index in [2.05, 4.69) is 15.4 Å². The molecule has 0 aliphatic rings. The van der Waals surface area contributed by atoms with Gasteiger partial charge in [-0.3, -0.25) is 9.59 Å². The maximum atomic E-state index is 12.3. The van der Waals surface area contributed by atoms with Crippen LogP contribution in [0.25, 0.3) is 0 Å². The molecule has 1 unspecified atom stereocenters. The van der Waals surface area contributed by atoms with Crippen LogP contribution < -0.4 is 15.4 Å². The highest BCUT2D eigenvalue weighted by molar-refractivity contribution is 5.87. The van der Waals surface area contributed by atoms with Crippen molar-refractivity contribution in [2.24, 2.45) is 11.8 Å². The zero-order valence-electron chi connectivity index (χ0n) is 15.0. The van der Waals surface area contributed by atoms with E-state index in [1.165, 1.54) is 12.1 Å². The molecule has 0 spiro atoms. The quantitative estimate of drug-likeness (QED) is 0.714. The molecule has 140 valence electrons. The second-order valence-corrected chi connectivity index (χ2v) is 6.63. The van der Waals surface area contributed by atoms with E-state index < -0.39 is 12.7 Å². The maximum Gasteiger partial charge on any atom is 0.387 e. The Kier molecular flexibility index (Phi) is 8.31. The lowest BCUT2D eigenvalue weighted by Gasteiger charge is -2.22. The monoisotopic (exact) mass is 356 g/mol. The van der Waals surface area contributed by atoms with Crippen molar-refractivity contribution in [2.75, 3.05) is 0 Å². The van der Waals surface area contributed by atoms with Crippen LogP contribution in [0.1, 0.15) is 39.7 Å². The Morgan fingerprint density at radius 2 is 1.68 bits per heavy atom. The van der Waals surface area contributed by atoms with Crippen molar-refractivity contribution in [3.05, 3.63) is 29.8 Å². The van der Waals surface area contributed by atoms with Crippen molar-refractivity contribution >= 4 is 11.8 Å². The van der Waals surface area contributed by atoms with Gasteiger partial charge in [0.1, 0.15) is 11.8 Å². The van der Waals surface area contributed by atoms with Crippen LogP contribution in [0.4, 0.5) is 8.78 Å². The molecule has 25 heavy (non-hydrogen) atoms. The number of benzene rings is 1. The summed E-state index contributed by atoms with van der Waals surface area (Å²) in [5, 5.41) is 5.52. The van der Waals surface area contributed by atoms with Crippen molar-refractivity contribution < 1.29 is 23.1 Å². The minimum Gasteiger partial charge on any atom is -0.435 e. The molecule has 1 rings (SSSR count). The Morgan fingerprint density at radius 1 is 1.08 bits per heavy atom. The lowest BCUT2D eigenvalue weighted by molar-refractivity contribution is -0.130. The fourth-order valence-corrected chi connectivity index (χ4v) is 2.23. The summed E-state index contributed by atoms with van der Waals surface area (Å²) in [6.45, 7) is 4.95. The third kappa shape index (κ3) is 7.96. The van der Waals surface area contributed by atoms with E-state index in [9.17, 15) is 18.4 Å². The molecule has 1 aromatic rings. The first-order chi connectivity index (χ1) is 11.7. The third-order valence-electron chi connectivity index (χ3n) is 3.47. The van der Waals surface area contributed by atoms with Crippen molar-refractivity contribution in [1.29, 1.82) is 0 Å². The van der Waals surface area contributed by atoms with Gasteiger partial charge in [-0.2, -0.15) is 8.78 Å². The average Bonchev–Trinajstić information content (AvgIpc) is 2.50. The van der Waals surface area contributed by atoms with Gasteiger partial charge in [0, 0.05) is 13.0 Å². The van der Waals surface area contributed by atoms with Gasteiger partial charge < -0.3 is 15.4 Å². The van der Waals surface area contributed by atoms with Gasteiger partial charge in [0.05, 0.1) is 0 Å². The predicted octanol–water partition coefficient (Wildman–Crippen LogP) is 3.09. The number of halogens is 2. The Hall–Kier alpha value is -2.18. The lowest BCUT2D eigenvalue weighted by Crippen LogP contribution is -2.49. The van der Waals surface area contributed by atoms with Crippen LogP contribution in [0.15, 0.2) is 24.3 Å². The molecule has 0 bridgehead atoms. The lowest BCUT2D eigenvalue weighted by atomic mass is 10.0. The molecule has 0 aliphatic carbocycles. The summed E-state index contributed by atoms with van der Waals surface area (Å²) >= 11 is 0. The van der Waals surface area contributed by atoms with Crippen molar-refractivity contribution in [3.63, 3.8) is 0 Å². The molecule has 0 fully saturated rings.